The van der Waals surface area contributed by atoms with Gasteiger partial charge in [-0.3, -0.25) is 0 Å². The van der Waals surface area contributed by atoms with Crippen molar-refractivity contribution >= 4 is 24.9 Å². The van der Waals surface area contributed by atoms with Crippen molar-refractivity contribution in [2.24, 2.45) is 0 Å². The number of hydrogen-bond donors (Lipinski definition) is 0. The Morgan fingerprint density at radius 2 is 1.55 bits per heavy atom. The van der Waals surface area contributed by atoms with Crippen LogP contribution in [-0.2, 0) is 0 Å². The third-order valence-corrected chi connectivity index (χ3v) is 9.46. The van der Waals surface area contributed by atoms with Gasteiger partial charge in [-0.05, 0) is 0 Å². The summed E-state index contributed by atoms with van der Waals surface area (Å²) in [5, 5.41) is 9.09. The van der Waals surface area contributed by atoms with E-state index in [4.69, 9.17) is 5.26 Å². The third kappa shape index (κ3) is 6.69. The molecule has 2 nitrogen and oxygen atoms in total. The zero-order valence-corrected chi connectivity index (χ0v) is 17.3. The van der Waals surface area contributed by atoms with Crippen molar-refractivity contribution in [3.63, 3.8) is 0 Å². The Kier molecular flexibility index (Phi) is 9.79. The predicted molar refractivity (Wildman–Crippen MR) is 95.6 cm³/mol. The maximum atomic E-state index is 9.09. The van der Waals surface area contributed by atoms with Crippen molar-refractivity contribution in [2.45, 2.75) is 82.0 Å². The predicted octanol–water partition coefficient (Wildman–Crippen LogP) is 5.01. The molecule has 0 fully saturated rings. The standard InChI is InChI=1S/C13H27.C6H3N2.Sn/c1-4-7-10-13(11-8-5-2)12-9-6-3;7-5-6-3-1-2-4-8-6;/h4-12H2,1-3H3;1-3H;. The SMILES string of the molecule is CCCC[C](CCCC)(CCCC)[Sn][c]1cccc(C#N)n1. The molecule has 1 aromatic heterocycles. The van der Waals surface area contributed by atoms with Gasteiger partial charge in [0.15, 0.2) is 0 Å². The minimum absolute atomic E-state index is 0.548. The summed E-state index contributed by atoms with van der Waals surface area (Å²) in [5.74, 6) is 0. The summed E-state index contributed by atoms with van der Waals surface area (Å²) in [6, 6.07) is 8.22. The quantitative estimate of drug-likeness (QED) is 0.486. The molecule has 1 aromatic rings. The molecule has 0 atom stereocenters. The molecule has 0 amide bonds. The van der Waals surface area contributed by atoms with E-state index in [9.17, 15) is 0 Å². The third-order valence-electron chi connectivity index (χ3n) is 4.28. The van der Waals surface area contributed by atoms with Crippen LogP contribution in [0.1, 0.15) is 84.3 Å². The van der Waals surface area contributed by atoms with Crippen LogP contribution in [0.25, 0.3) is 0 Å². The van der Waals surface area contributed by atoms with Crippen LogP contribution < -0.4 is 3.71 Å². The summed E-state index contributed by atoms with van der Waals surface area (Å²) in [5.41, 5.74) is 0.591. The molecule has 0 N–H and O–H groups in total. The van der Waals surface area contributed by atoms with Gasteiger partial charge in [0.1, 0.15) is 0 Å². The van der Waals surface area contributed by atoms with E-state index in [1.165, 1.54) is 61.5 Å². The first-order valence-electron chi connectivity index (χ1n) is 8.85. The number of pyridine rings is 1. The Morgan fingerprint density at radius 1 is 1.00 bits per heavy atom. The number of rotatable bonds is 11. The van der Waals surface area contributed by atoms with Crippen LogP contribution >= 0.6 is 0 Å². The van der Waals surface area contributed by atoms with Crippen LogP contribution in [0.5, 0.6) is 0 Å². The summed E-state index contributed by atoms with van der Waals surface area (Å²) in [7, 11) is 0. The molecule has 0 bridgehead atoms. The van der Waals surface area contributed by atoms with E-state index >= 15 is 0 Å². The molecule has 0 saturated carbocycles. The van der Waals surface area contributed by atoms with E-state index in [0.717, 1.165) is 0 Å². The first kappa shape index (κ1) is 19.5. The number of nitriles is 1. The van der Waals surface area contributed by atoms with Gasteiger partial charge >= 0.3 is 147 Å². The summed E-state index contributed by atoms with van der Waals surface area (Å²) < 4.78 is 1.82. The summed E-state index contributed by atoms with van der Waals surface area (Å²) in [6.45, 7) is 6.89. The van der Waals surface area contributed by atoms with E-state index in [1.807, 2.05) is 12.1 Å². The van der Waals surface area contributed by atoms with Crippen molar-refractivity contribution in [3.05, 3.63) is 23.9 Å². The second kappa shape index (κ2) is 11.0. The second-order valence-corrected chi connectivity index (χ2v) is 11.4. The number of nitrogens with zero attached hydrogens (tertiary/aromatic N) is 2. The normalized spacial score (nSPS) is 11.4. The Hall–Kier alpha value is -0.561. The topological polar surface area (TPSA) is 36.7 Å². The van der Waals surface area contributed by atoms with E-state index in [-0.39, 0.29) is 0 Å². The zero-order valence-electron chi connectivity index (χ0n) is 14.5. The summed E-state index contributed by atoms with van der Waals surface area (Å²) in [6.07, 6.45) is 12.0. The van der Waals surface area contributed by atoms with Crippen molar-refractivity contribution in [2.75, 3.05) is 0 Å². The van der Waals surface area contributed by atoms with Gasteiger partial charge in [-0.1, -0.05) is 0 Å². The maximum absolute atomic E-state index is 9.09. The molecule has 0 saturated heterocycles. The molecule has 3 heteroatoms. The van der Waals surface area contributed by atoms with Crippen molar-refractivity contribution in [1.82, 2.24) is 4.98 Å². The molecule has 120 valence electrons. The van der Waals surface area contributed by atoms with Crippen LogP contribution in [0, 0.1) is 11.3 Å². The summed E-state index contributed by atoms with van der Waals surface area (Å²) >= 11 is -0.792. The molecule has 0 aromatic carbocycles. The molecule has 2 radical (unpaired) electrons. The Bertz CT molecular complexity index is 443. The van der Waals surface area contributed by atoms with Crippen molar-refractivity contribution < 1.29 is 0 Å². The zero-order chi connectivity index (χ0) is 16.3. The first-order valence-corrected chi connectivity index (χ1v) is 11.7. The van der Waals surface area contributed by atoms with Crippen LogP contribution in [0.15, 0.2) is 18.2 Å². The fourth-order valence-electron chi connectivity index (χ4n) is 2.95. The molecule has 0 aliphatic rings. The van der Waals surface area contributed by atoms with Gasteiger partial charge in [0, 0.05) is 0 Å². The van der Waals surface area contributed by atoms with Gasteiger partial charge in [0.05, 0.1) is 0 Å². The summed E-state index contributed by atoms with van der Waals surface area (Å²) in [4.78, 5) is 4.61. The van der Waals surface area contributed by atoms with E-state index in [1.54, 1.807) is 0 Å². The fraction of sp³-hybridized carbons (Fsp3) is 0.684. The molecule has 0 spiro atoms. The van der Waals surface area contributed by atoms with E-state index < -0.39 is 21.1 Å². The molecule has 22 heavy (non-hydrogen) atoms. The van der Waals surface area contributed by atoms with Gasteiger partial charge in [-0.25, -0.2) is 0 Å². The fourth-order valence-corrected chi connectivity index (χ4v) is 8.10. The van der Waals surface area contributed by atoms with Gasteiger partial charge in [0.2, 0.25) is 0 Å². The Morgan fingerprint density at radius 3 is 2.00 bits per heavy atom. The van der Waals surface area contributed by atoms with Crippen LogP contribution in [0.4, 0.5) is 0 Å². The van der Waals surface area contributed by atoms with Gasteiger partial charge in [-0.2, -0.15) is 0 Å². The number of aromatic nitrogens is 1. The van der Waals surface area contributed by atoms with Crippen LogP contribution in [0.3, 0.4) is 0 Å². The molecular weight excluding hydrogens is 375 g/mol. The molecule has 1 heterocycles. The second-order valence-electron chi connectivity index (χ2n) is 6.24. The monoisotopic (exact) mass is 406 g/mol. The molecule has 1 rings (SSSR count). The minimum atomic E-state index is -0.792. The van der Waals surface area contributed by atoms with Crippen LogP contribution in [0.2, 0.25) is 3.43 Å². The number of unbranched alkanes of at least 4 members (excludes halogenated alkanes) is 3. The Labute approximate surface area is 146 Å². The molecule has 0 aliphatic heterocycles. The van der Waals surface area contributed by atoms with Crippen LogP contribution in [-0.4, -0.2) is 26.1 Å². The van der Waals surface area contributed by atoms with Crippen molar-refractivity contribution in [3.8, 4) is 6.07 Å². The van der Waals surface area contributed by atoms with E-state index in [2.05, 4.69) is 37.9 Å². The van der Waals surface area contributed by atoms with Gasteiger partial charge in [0.25, 0.3) is 0 Å². The van der Waals surface area contributed by atoms with Gasteiger partial charge in [-0.15, -0.1) is 0 Å². The van der Waals surface area contributed by atoms with Gasteiger partial charge < -0.3 is 0 Å². The van der Waals surface area contributed by atoms with Crippen molar-refractivity contribution in [1.29, 1.82) is 5.26 Å². The average Bonchev–Trinajstić information content (AvgIpc) is 2.56. The first-order chi connectivity index (χ1) is 10.7. The Balaban J connectivity index is 2.95. The molecular formula is C19H30N2Sn. The molecule has 0 aliphatic carbocycles. The molecule has 0 unspecified atom stereocenters. The number of hydrogen-bond acceptors (Lipinski definition) is 2. The van der Waals surface area contributed by atoms with E-state index in [0.29, 0.717) is 9.12 Å². The average molecular weight is 405 g/mol.